The van der Waals surface area contributed by atoms with Gasteiger partial charge < -0.3 is 8.92 Å². The topological polar surface area (TPSA) is 69.1 Å². The summed E-state index contributed by atoms with van der Waals surface area (Å²) in [5.74, 6) is 1.09. The van der Waals surface area contributed by atoms with E-state index >= 15 is 0 Å². The molecule has 0 radical (unpaired) electrons. The Morgan fingerprint density at radius 3 is 2.86 bits per heavy atom. The fourth-order valence-corrected chi connectivity index (χ4v) is 2.18. The molecule has 21 heavy (non-hydrogen) atoms. The summed E-state index contributed by atoms with van der Waals surface area (Å²) >= 11 is 0. The number of rotatable bonds is 2. The highest BCUT2D eigenvalue weighted by molar-refractivity contribution is 5.65. The van der Waals surface area contributed by atoms with E-state index in [0.29, 0.717) is 11.7 Å². The highest BCUT2D eigenvalue weighted by atomic mass is 16.5. The first-order valence-corrected chi connectivity index (χ1v) is 6.50. The first-order chi connectivity index (χ1) is 10.3. The number of aromatic nitrogens is 5. The van der Waals surface area contributed by atoms with Crippen molar-refractivity contribution in [2.24, 2.45) is 0 Å². The van der Waals surface area contributed by atoms with Crippen molar-refractivity contribution < 1.29 is 4.52 Å². The maximum atomic E-state index is 5.01. The van der Waals surface area contributed by atoms with Gasteiger partial charge in [-0.05, 0) is 24.3 Å². The zero-order valence-electron chi connectivity index (χ0n) is 11.3. The van der Waals surface area contributed by atoms with E-state index in [9.17, 15) is 0 Å². The second kappa shape index (κ2) is 4.52. The molecule has 0 aliphatic heterocycles. The maximum Gasteiger partial charge on any atom is 0.223 e. The molecular formula is C15H11N5O. The molecule has 4 heterocycles. The van der Waals surface area contributed by atoms with Gasteiger partial charge in [0, 0.05) is 31.1 Å². The van der Waals surface area contributed by atoms with Gasteiger partial charge in [-0.3, -0.25) is 4.98 Å². The van der Waals surface area contributed by atoms with Crippen molar-refractivity contribution in [2.45, 2.75) is 6.92 Å². The van der Waals surface area contributed by atoms with Gasteiger partial charge in [-0.25, -0.2) is 4.98 Å². The third kappa shape index (κ3) is 2.06. The minimum atomic E-state index is 0.538. The summed E-state index contributed by atoms with van der Waals surface area (Å²) in [4.78, 5) is 13.2. The first kappa shape index (κ1) is 11.8. The molecule has 0 fully saturated rings. The molecule has 0 aromatic carbocycles. The fraction of sp³-hybridized carbons (Fsp3) is 0.0667. The molecule has 0 amide bonds. The smallest absolute Gasteiger partial charge is 0.223 e. The molecule has 4 aromatic rings. The second-order valence-corrected chi connectivity index (χ2v) is 4.66. The SMILES string of the molecule is Cc1nc(-c2ccnc(-c3cn4ccccc4n3)c2)no1. The quantitative estimate of drug-likeness (QED) is 0.563. The summed E-state index contributed by atoms with van der Waals surface area (Å²) in [5, 5.41) is 3.92. The lowest BCUT2D eigenvalue weighted by Gasteiger charge is -1.97. The van der Waals surface area contributed by atoms with Crippen LogP contribution in [0.3, 0.4) is 0 Å². The standard InChI is InChI=1S/C15H11N5O/c1-10-17-15(19-21-10)11-5-6-16-12(8-11)13-9-20-7-3-2-4-14(20)18-13/h2-9H,1H3. The molecule has 0 aliphatic rings. The van der Waals surface area contributed by atoms with Crippen molar-refractivity contribution in [3.63, 3.8) is 0 Å². The van der Waals surface area contributed by atoms with Crippen LogP contribution in [0.4, 0.5) is 0 Å². The highest BCUT2D eigenvalue weighted by Gasteiger charge is 2.10. The van der Waals surface area contributed by atoms with Gasteiger partial charge in [-0.2, -0.15) is 4.98 Å². The number of aryl methyl sites for hydroxylation is 1. The first-order valence-electron chi connectivity index (χ1n) is 6.50. The van der Waals surface area contributed by atoms with Crippen LogP contribution in [0.2, 0.25) is 0 Å². The van der Waals surface area contributed by atoms with Gasteiger partial charge in [0.25, 0.3) is 0 Å². The Morgan fingerprint density at radius 2 is 2.05 bits per heavy atom. The van der Waals surface area contributed by atoms with Gasteiger partial charge in [0.05, 0.1) is 5.69 Å². The van der Waals surface area contributed by atoms with Crippen molar-refractivity contribution in [3.8, 4) is 22.8 Å². The molecular weight excluding hydrogens is 266 g/mol. The monoisotopic (exact) mass is 277 g/mol. The van der Waals surface area contributed by atoms with E-state index in [1.165, 1.54) is 0 Å². The van der Waals surface area contributed by atoms with Crippen LogP contribution >= 0.6 is 0 Å². The zero-order chi connectivity index (χ0) is 14.2. The normalized spacial score (nSPS) is 11.1. The molecule has 0 aliphatic carbocycles. The van der Waals surface area contributed by atoms with Gasteiger partial charge in [-0.15, -0.1) is 0 Å². The third-order valence-electron chi connectivity index (χ3n) is 3.17. The minimum absolute atomic E-state index is 0.538. The van der Waals surface area contributed by atoms with E-state index in [4.69, 9.17) is 4.52 Å². The van der Waals surface area contributed by atoms with E-state index in [1.54, 1.807) is 13.1 Å². The van der Waals surface area contributed by atoms with E-state index in [1.807, 2.05) is 47.1 Å². The lowest BCUT2D eigenvalue weighted by atomic mass is 10.2. The van der Waals surface area contributed by atoms with Crippen LogP contribution in [-0.2, 0) is 0 Å². The van der Waals surface area contributed by atoms with Gasteiger partial charge in [0.2, 0.25) is 11.7 Å². The minimum Gasteiger partial charge on any atom is -0.339 e. The lowest BCUT2D eigenvalue weighted by Crippen LogP contribution is -1.87. The molecule has 6 nitrogen and oxygen atoms in total. The molecule has 0 bridgehead atoms. The number of fused-ring (bicyclic) bond motifs is 1. The van der Waals surface area contributed by atoms with Crippen LogP contribution in [0.15, 0.2) is 53.4 Å². The number of imidazole rings is 1. The van der Waals surface area contributed by atoms with Crippen molar-refractivity contribution in [2.75, 3.05) is 0 Å². The Labute approximate surface area is 120 Å². The zero-order valence-corrected chi connectivity index (χ0v) is 11.3. The lowest BCUT2D eigenvalue weighted by molar-refractivity contribution is 0.394. The van der Waals surface area contributed by atoms with Crippen molar-refractivity contribution >= 4 is 5.65 Å². The Kier molecular flexibility index (Phi) is 2.53. The van der Waals surface area contributed by atoms with Crippen LogP contribution in [0.5, 0.6) is 0 Å². The van der Waals surface area contributed by atoms with Gasteiger partial charge in [-0.1, -0.05) is 11.2 Å². The highest BCUT2D eigenvalue weighted by Crippen LogP contribution is 2.22. The van der Waals surface area contributed by atoms with Crippen molar-refractivity contribution in [3.05, 3.63) is 54.8 Å². The number of nitrogens with zero attached hydrogens (tertiary/aromatic N) is 5. The van der Waals surface area contributed by atoms with E-state index < -0.39 is 0 Å². The molecule has 0 unspecified atom stereocenters. The van der Waals surface area contributed by atoms with Crippen LogP contribution in [-0.4, -0.2) is 24.5 Å². The molecule has 4 aromatic heterocycles. The summed E-state index contributed by atoms with van der Waals surface area (Å²) in [7, 11) is 0. The van der Waals surface area contributed by atoms with E-state index in [2.05, 4.69) is 20.1 Å². The van der Waals surface area contributed by atoms with Crippen molar-refractivity contribution in [1.82, 2.24) is 24.5 Å². The summed E-state index contributed by atoms with van der Waals surface area (Å²) in [5.41, 5.74) is 3.32. The van der Waals surface area contributed by atoms with Gasteiger partial charge >= 0.3 is 0 Å². The molecule has 4 rings (SSSR count). The van der Waals surface area contributed by atoms with E-state index in [-0.39, 0.29) is 0 Å². The van der Waals surface area contributed by atoms with Crippen LogP contribution in [0.1, 0.15) is 5.89 Å². The molecule has 0 spiro atoms. The molecule has 0 saturated carbocycles. The Balaban J connectivity index is 1.81. The third-order valence-corrected chi connectivity index (χ3v) is 3.17. The molecule has 0 N–H and O–H groups in total. The average molecular weight is 277 g/mol. The molecule has 6 heteroatoms. The number of hydrogen-bond acceptors (Lipinski definition) is 5. The number of pyridine rings is 2. The predicted molar refractivity (Wildman–Crippen MR) is 76.5 cm³/mol. The van der Waals surface area contributed by atoms with Gasteiger partial charge in [0.1, 0.15) is 11.3 Å². The van der Waals surface area contributed by atoms with Crippen LogP contribution in [0, 0.1) is 6.92 Å². The average Bonchev–Trinajstić information content (AvgIpc) is 3.13. The summed E-state index contributed by atoms with van der Waals surface area (Å²) < 4.78 is 6.97. The molecule has 0 saturated heterocycles. The second-order valence-electron chi connectivity index (χ2n) is 4.66. The fourth-order valence-electron chi connectivity index (χ4n) is 2.18. The summed E-state index contributed by atoms with van der Waals surface area (Å²) in [6.07, 6.45) is 5.63. The Bertz CT molecular complexity index is 891. The van der Waals surface area contributed by atoms with E-state index in [0.717, 1.165) is 22.6 Å². The molecule has 0 atom stereocenters. The molecule has 102 valence electrons. The largest absolute Gasteiger partial charge is 0.339 e. The van der Waals surface area contributed by atoms with Gasteiger partial charge in [0.15, 0.2) is 0 Å². The van der Waals surface area contributed by atoms with Crippen LogP contribution in [0.25, 0.3) is 28.4 Å². The van der Waals surface area contributed by atoms with Crippen molar-refractivity contribution in [1.29, 1.82) is 0 Å². The summed E-state index contributed by atoms with van der Waals surface area (Å²) in [6.45, 7) is 1.76. The predicted octanol–water partition coefficient (Wildman–Crippen LogP) is 2.75. The maximum absolute atomic E-state index is 5.01. The Hall–Kier alpha value is -3.02. The van der Waals surface area contributed by atoms with Crippen LogP contribution < -0.4 is 0 Å². The summed E-state index contributed by atoms with van der Waals surface area (Å²) in [6, 6.07) is 9.63. The number of hydrogen-bond donors (Lipinski definition) is 0. The Morgan fingerprint density at radius 1 is 1.10 bits per heavy atom.